The number of thioether (sulfide) groups is 1. The van der Waals surface area contributed by atoms with Crippen LogP contribution in [-0.4, -0.2) is 47.7 Å². The summed E-state index contributed by atoms with van der Waals surface area (Å²) in [6.45, 7) is 2.87. The van der Waals surface area contributed by atoms with Crippen LogP contribution in [0.5, 0.6) is 0 Å². The molecule has 0 spiro atoms. The van der Waals surface area contributed by atoms with Gasteiger partial charge in [-0.25, -0.2) is 4.39 Å². The van der Waals surface area contributed by atoms with Gasteiger partial charge >= 0.3 is 0 Å². The smallest absolute Gasteiger partial charge is 0.196 e. The van der Waals surface area contributed by atoms with Gasteiger partial charge in [-0.15, -0.1) is 10.2 Å². The highest BCUT2D eigenvalue weighted by Gasteiger charge is 2.19. The lowest BCUT2D eigenvalue weighted by Crippen LogP contribution is -2.30. The predicted octanol–water partition coefficient (Wildman–Crippen LogP) is 4.27. The molecular formula is C23H24FN7S. The van der Waals surface area contributed by atoms with E-state index in [-0.39, 0.29) is 5.82 Å². The zero-order valence-electron chi connectivity index (χ0n) is 17.6. The second kappa shape index (κ2) is 9.62. The molecule has 4 aromatic rings. The van der Waals surface area contributed by atoms with Crippen molar-refractivity contribution in [1.82, 2.24) is 34.7 Å². The van der Waals surface area contributed by atoms with Crippen molar-refractivity contribution in [2.45, 2.75) is 36.7 Å². The summed E-state index contributed by atoms with van der Waals surface area (Å²) in [6.07, 6.45) is 5.48. The van der Waals surface area contributed by atoms with E-state index >= 15 is 0 Å². The molecule has 9 heteroatoms. The topological polar surface area (TPSA) is 64.7 Å². The van der Waals surface area contributed by atoms with E-state index in [4.69, 9.17) is 0 Å². The largest absolute Gasteiger partial charge is 0.296 e. The van der Waals surface area contributed by atoms with Crippen molar-refractivity contribution in [3.8, 4) is 11.4 Å². The molecule has 0 bridgehead atoms. The van der Waals surface area contributed by atoms with Crippen LogP contribution in [0.3, 0.4) is 0 Å². The van der Waals surface area contributed by atoms with Crippen molar-refractivity contribution < 1.29 is 4.39 Å². The molecule has 0 atom stereocenters. The fourth-order valence-corrected chi connectivity index (χ4v) is 4.70. The van der Waals surface area contributed by atoms with Crippen LogP contribution in [0, 0.1) is 5.82 Å². The summed E-state index contributed by atoms with van der Waals surface area (Å²) < 4.78 is 15.6. The van der Waals surface area contributed by atoms with Crippen LogP contribution in [0.4, 0.5) is 4.39 Å². The number of para-hydroxylation sites is 1. The molecule has 5 rings (SSSR count). The highest BCUT2D eigenvalue weighted by molar-refractivity contribution is 7.98. The number of nitrogens with zero attached hydrogens (tertiary/aromatic N) is 7. The average Bonchev–Trinajstić information content (AvgIpc) is 3.47. The first-order chi connectivity index (χ1) is 15.8. The number of likely N-dealkylation sites (tertiary alicyclic amines) is 1. The summed E-state index contributed by atoms with van der Waals surface area (Å²) in [5.41, 5.74) is 2.63. The van der Waals surface area contributed by atoms with Crippen LogP contribution in [-0.2, 0) is 12.3 Å². The first-order valence-electron chi connectivity index (χ1n) is 10.8. The molecule has 1 saturated heterocycles. The standard InChI is InChI=1S/C23H24FN7S/c24-18-9-11-20(12-10-18)30-22(16-29-13-5-2-6-14-29)26-27-23(30)32-17-19-15-25-31(28-19)21-7-3-1-4-8-21/h1,3-4,7-12,15H,2,5-6,13-14,16-17H2. The fourth-order valence-electron chi connectivity index (χ4n) is 3.85. The number of hydrogen-bond donors (Lipinski definition) is 0. The van der Waals surface area contributed by atoms with Gasteiger partial charge in [0.25, 0.3) is 0 Å². The van der Waals surface area contributed by atoms with Gasteiger partial charge in [0.05, 0.1) is 24.1 Å². The van der Waals surface area contributed by atoms with Crippen molar-refractivity contribution >= 4 is 11.8 Å². The van der Waals surface area contributed by atoms with E-state index in [9.17, 15) is 4.39 Å². The number of aromatic nitrogens is 6. The molecule has 0 aliphatic carbocycles. The van der Waals surface area contributed by atoms with Crippen molar-refractivity contribution in [3.63, 3.8) is 0 Å². The molecule has 0 amide bonds. The molecule has 32 heavy (non-hydrogen) atoms. The number of piperidine rings is 1. The summed E-state index contributed by atoms with van der Waals surface area (Å²) in [7, 11) is 0. The van der Waals surface area contributed by atoms with Crippen LogP contribution in [0.1, 0.15) is 30.8 Å². The van der Waals surface area contributed by atoms with Gasteiger partial charge < -0.3 is 0 Å². The molecule has 1 aliphatic rings. The van der Waals surface area contributed by atoms with Gasteiger partial charge in [-0.3, -0.25) is 9.47 Å². The SMILES string of the molecule is Fc1ccc(-n2c(CN3CCCCC3)nnc2SCc2cnn(-c3ccccc3)n2)cc1. The monoisotopic (exact) mass is 449 g/mol. The zero-order chi connectivity index (χ0) is 21.8. The van der Waals surface area contributed by atoms with Gasteiger partial charge in [0.2, 0.25) is 0 Å². The average molecular weight is 450 g/mol. The lowest BCUT2D eigenvalue weighted by atomic mass is 10.1. The van der Waals surface area contributed by atoms with Gasteiger partial charge in [0.1, 0.15) is 5.82 Å². The quantitative estimate of drug-likeness (QED) is 0.393. The van der Waals surface area contributed by atoms with Crippen LogP contribution in [0.25, 0.3) is 11.4 Å². The molecule has 1 aliphatic heterocycles. The highest BCUT2D eigenvalue weighted by atomic mass is 32.2. The van der Waals surface area contributed by atoms with Crippen LogP contribution in [0.2, 0.25) is 0 Å². The van der Waals surface area contributed by atoms with Crippen molar-refractivity contribution in [2.75, 3.05) is 13.1 Å². The lowest BCUT2D eigenvalue weighted by molar-refractivity contribution is 0.214. The van der Waals surface area contributed by atoms with E-state index in [1.165, 1.54) is 31.4 Å². The molecule has 164 valence electrons. The molecule has 2 aromatic heterocycles. The minimum atomic E-state index is -0.258. The summed E-state index contributed by atoms with van der Waals surface area (Å²) in [4.78, 5) is 4.04. The minimum absolute atomic E-state index is 0.258. The van der Waals surface area contributed by atoms with E-state index in [0.29, 0.717) is 5.75 Å². The molecule has 0 unspecified atom stereocenters. The number of hydrogen-bond acceptors (Lipinski definition) is 6. The first kappa shape index (κ1) is 20.8. The van der Waals surface area contributed by atoms with E-state index in [1.807, 2.05) is 34.9 Å². The van der Waals surface area contributed by atoms with Crippen molar-refractivity contribution in [1.29, 1.82) is 0 Å². The number of benzene rings is 2. The normalized spacial score (nSPS) is 14.7. The maximum Gasteiger partial charge on any atom is 0.196 e. The van der Waals surface area contributed by atoms with Gasteiger partial charge in [0, 0.05) is 11.4 Å². The van der Waals surface area contributed by atoms with E-state index < -0.39 is 0 Å². The number of halogens is 1. The molecule has 1 fully saturated rings. The highest BCUT2D eigenvalue weighted by Crippen LogP contribution is 2.26. The van der Waals surface area contributed by atoms with Crippen molar-refractivity contribution in [3.05, 3.63) is 78.1 Å². The van der Waals surface area contributed by atoms with Crippen LogP contribution >= 0.6 is 11.8 Å². The Labute approximate surface area is 190 Å². The summed E-state index contributed by atoms with van der Waals surface area (Å²) in [6, 6.07) is 16.3. The van der Waals surface area contributed by atoms with E-state index in [0.717, 1.165) is 47.7 Å². The Morgan fingerprint density at radius 2 is 1.66 bits per heavy atom. The molecule has 2 aromatic carbocycles. The van der Waals surface area contributed by atoms with Gasteiger partial charge in [-0.2, -0.15) is 15.0 Å². The molecule has 0 saturated carbocycles. The predicted molar refractivity (Wildman–Crippen MR) is 121 cm³/mol. The summed E-state index contributed by atoms with van der Waals surface area (Å²) in [5.74, 6) is 1.22. The molecule has 3 heterocycles. The zero-order valence-corrected chi connectivity index (χ0v) is 18.5. The Morgan fingerprint density at radius 3 is 2.44 bits per heavy atom. The van der Waals surface area contributed by atoms with Gasteiger partial charge in [-0.1, -0.05) is 36.4 Å². The summed E-state index contributed by atoms with van der Waals surface area (Å²) in [5, 5.41) is 18.7. The fraction of sp³-hybridized carbons (Fsp3) is 0.304. The third-order valence-electron chi connectivity index (χ3n) is 5.47. The summed E-state index contributed by atoms with van der Waals surface area (Å²) >= 11 is 1.55. The maximum atomic E-state index is 13.5. The number of rotatable bonds is 7. The second-order valence-corrected chi connectivity index (χ2v) is 8.74. The Kier molecular flexibility index (Phi) is 6.27. The Bertz CT molecular complexity index is 1150. The van der Waals surface area contributed by atoms with Crippen molar-refractivity contribution in [2.24, 2.45) is 0 Å². The Balaban J connectivity index is 1.37. The Hall–Kier alpha value is -3.04. The van der Waals surface area contributed by atoms with E-state index in [2.05, 4.69) is 25.3 Å². The molecular weight excluding hydrogens is 425 g/mol. The first-order valence-corrected chi connectivity index (χ1v) is 11.8. The van der Waals surface area contributed by atoms with Crippen LogP contribution < -0.4 is 0 Å². The molecule has 0 N–H and O–H groups in total. The second-order valence-electron chi connectivity index (χ2n) is 7.80. The molecule has 0 radical (unpaired) electrons. The Morgan fingerprint density at radius 1 is 0.875 bits per heavy atom. The molecule has 7 nitrogen and oxygen atoms in total. The van der Waals surface area contributed by atoms with Gasteiger partial charge in [-0.05, 0) is 62.3 Å². The third-order valence-corrected chi connectivity index (χ3v) is 6.44. The maximum absolute atomic E-state index is 13.5. The van der Waals surface area contributed by atoms with Crippen LogP contribution in [0.15, 0.2) is 66.0 Å². The van der Waals surface area contributed by atoms with E-state index in [1.54, 1.807) is 34.9 Å². The van der Waals surface area contributed by atoms with Gasteiger partial charge in [0.15, 0.2) is 11.0 Å². The third kappa shape index (κ3) is 4.73. The lowest BCUT2D eigenvalue weighted by Gasteiger charge is -2.26. The minimum Gasteiger partial charge on any atom is -0.296 e.